The average Bonchev–Trinajstić information content (AvgIpc) is 2.71. The van der Waals surface area contributed by atoms with E-state index in [0.717, 1.165) is 5.92 Å². The highest BCUT2D eigenvalue weighted by Gasteiger charge is 2.21. The van der Waals surface area contributed by atoms with Crippen molar-refractivity contribution in [2.24, 2.45) is 5.92 Å². The minimum absolute atomic E-state index is 0.705. The van der Waals surface area contributed by atoms with Gasteiger partial charge in [0.05, 0.1) is 0 Å². The lowest BCUT2D eigenvalue weighted by molar-refractivity contribution is 0.487. The van der Waals surface area contributed by atoms with E-state index in [2.05, 4.69) is 42.6 Å². The molecule has 70 valence electrons. The first-order valence-electron chi connectivity index (χ1n) is 5.13. The van der Waals surface area contributed by atoms with Gasteiger partial charge in [-0.25, -0.2) is 0 Å². The van der Waals surface area contributed by atoms with Gasteiger partial charge in [0.2, 0.25) is 0 Å². The molecule has 0 spiro atoms. The Balaban J connectivity index is 2.08. The number of rotatable bonds is 2. The summed E-state index contributed by atoms with van der Waals surface area (Å²) in [6.45, 7) is 4.73. The van der Waals surface area contributed by atoms with E-state index in [1.807, 2.05) is 0 Å². The molecule has 1 nitrogen and oxygen atoms in total. The van der Waals surface area contributed by atoms with Gasteiger partial charge in [-0.2, -0.15) is 0 Å². The molecule has 1 aliphatic heterocycles. The van der Waals surface area contributed by atoms with Gasteiger partial charge in [-0.3, -0.25) is 0 Å². The average molecular weight is 175 g/mol. The molecule has 2 rings (SSSR count). The van der Waals surface area contributed by atoms with E-state index in [1.54, 1.807) is 0 Å². The van der Waals surface area contributed by atoms with Gasteiger partial charge in [-0.05, 0) is 36.9 Å². The van der Waals surface area contributed by atoms with Crippen molar-refractivity contribution in [1.29, 1.82) is 0 Å². The summed E-state index contributed by atoms with van der Waals surface area (Å²) in [6.07, 6.45) is 1.33. The van der Waals surface area contributed by atoms with Gasteiger partial charge in [0, 0.05) is 0 Å². The van der Waals surface area contributed by atoms with Crippen LogP contribution in [0.1, 0.15) is 24.8 Å². The molecule has 2 unspecified atom stereocenters. The molecule has 1 aliphatic rings. The minimum Gasteiger partial charge on any atom is -0.316 e. The smallest absolute Gasteiger partial charge is 0.00143 e. The Morgan fingerprint density at radius 2 is 2.08 bits per heavy atom. The first-order valence-corrected chi connectivity index (χ1v) is 5.13. The fourth-order valence-corrected chi connectivity index (χ4v) is 2.13. The molecule has 0 aliphatic carbocycles. The standard InChI is InChI=1S/C12H17N/c1-10(12-7-8-13-9-12)11-5-3-2-4-6-11/h2-6,10,12-13H,7-9H2,1H3. The van der Waals surface area contributed by atoms with Crippen molar-refractivity contribution in [3.05, 3.63) is 35.9 Å². The van der Waals surface area contributed by atoms with Gasteiger partial charge in [0.15, 0.2) is 0 Å². The van der Waals surface area contributed by atoms with E-state index in [4.69, 9.17) is 0 Å². The molecule has 0 amide bonds. The molecule has 0 bridgehead atoms. The molecule has 1 N–H and O–H groups in total. The first-order chi connectivity index (χ1) is 6.38. The summed E-state index contributed by atoms with van der Waals surface area (Å²) in [7, 11) is 0. The molecule has 13 heavy (non-hydrogen) atoms. The summed E-state index contributed by atoms with van der Waals surface area (Å²) in [5, 5.41) is 3.42. The Kier molecular flexibility index (Phi) is 2.65. The van der Waals surface area contributed by atoms with Crippen molar-refractivity contribution in [1.82, 2.24) is 5.32 Å². The highest BCUT2D eigenvalue weighted by Crippen LogP contribution is 2.27. The SMILES string of the molecule is CC(c1ccccc1)C1CCNC1. The Hall–Kier alpha value is -0.820. The molecule has 1 aromatic carbocycles. The van der Waals surface area contributed by atoms with Crippen LogP contribution in [0.3, 0.4) is 0 Å². The van der Waals surface area contributed by atoms with Crippen LogP contribution in [0.25, 0.3) is 0 Å². The minimum atomic E-state index is 0.705. The highest BCUT2D eigenvalue weighted by molar-refractivity contribution is 5.19. The van der Waals surface area contributed by atoms with Crippen LogP contribution >= 0.6 is 0 Å². The fourth-order valence-electron chi connectivity index (χ4n) is 2.13. The van der Waals surface area contributed by atoms with Gasteiger partial charge in [0.25, 0.3) is 0 Å². The van der Waals surface area contributed by atoms with Crippen molar-refractivity contribution in [2.75, 3.05) is 13.1 Å². The number of hydrogen-bond donors (Lipinski definition) is 1. The summed E-state index contributed by atoms with van der Waals surface area (Å²) in [4.78, 5) is 0. The Labute approximate surface area is 80.2 Å². The molecule has 0 aromatic heterocycles. The van der Waals surface area contributed by atoms with E-state index < -0.39 is 0 Å². The normalized spacial score (nSPS) is 24.5. The van der Waals surface area contributed by atoms with Crippen LogP contribution in [-0.4, -0.2) is 13.1 Å². The molecule has 1 fully saturated rings. The van der Waals surface area contributed by atoms with E-state index >= 15 is 0 Å². The predicted molar refractivity (Wildman–Crippen MR) is 55.8 cm³/mol. The second kappa shape index (κ2) is 3.93. The number of hydrogen-bond acceptors (Lipinski definition) is 1. The van der Waals surface area contributed by atoms with Crippen LogP contribution in [-0.2, 0) is 0 Å². The zero-order valence-electron chi connectivity index (χ0n) is 8.16. The topological polar surface area (TPSA) is 12.0 Å². The second-order valence-corrected chi connectivity index (χ2v) is 3.95. The summed E-state index contributed by atoms with van der Waals surface area (Å²) in [5.41, 5.74) is 1.48. The van der Waals surface area contributed by atoms with Gasteiger partial charge >= 0.3 is 0 Å². The van der Waals surface area contributed by atoms with Crippen LogP contribution in [0.4, 0.5) is 0 Å². The predicted octanol–water partition coefficient (Wildman–Crippen LogP) is 2.40. The summed E-state index contributed by atoms with van der Waals surface area (Å²) in [5.74, 6) is 1.54. The van der Waals surface area contributed by atoms with Crippen molar-refractivity contribution in [3.8, 4) is 0 Å². The highest BCUT2D eigenvalue weighted by atomic mass is 14.9. The van der Waals surface area contributed by atoms with Crippen LogP contribution in [0.15, 0.2) is 30.3 Å². The Morgan fingerprint density at radius 1 is 1.31 bits per heavy atom. The quantitative estimate of drug-likeness (QED) is 0.727. The lowest BCUT2D eigenvalue weighted by Gasteiger charge is -2.18. The fraction of sp³-hybridized carbons (Fsp3) is 0.500. The molecule has 2 atom stereocenters. The van der Waals surface area contributed by atoms with Crippen molar-refractivity contribution in [2.45, 2.75) is 19.3 Å². The Morgan fingerprint density at radius 3 is 2.69 bits per heavy atom. The third kappa shape index (κ3) is 1.92. The molecule has 0 radical (unpaired) electrons. The van der Waals surface area contributed by atoms with E-state index in [0.29, 0.717) is 5.92 Å². The summed E-state index contributed by atoms with van der Waals surface area (Å²) >= 11 is 0. The maximum atomic E-state index is 3.42. The van der Waals surface area contributed by atoms with Gasteiger partial charge in [0.1, 0.15) is 0 Å². The van der Waals surface area contributed by atoms with Gasteiger partial charge in [-0.15, -0.1) is 0 Å². The summed E-state index contributed by atoms with van der Waals surface area (Å²) in [6, 6.07) is 10.8. The van der Waals surface area contributed by atoms with E-state index in [9.17, 15) is 0 Å². The van der Waals surface area contributed by atoms with Crippen LogP contribution < -0.4 is 5.32 Å². The third-order valence-electron chi connectivity index (χ3n) is 3.13. The molecule has 0 saturated carbocycles. The number of nitrogens with one attached hydrogen (secondary N) is 1. The molecular weight excluding hydrogens is 158 g/mol. The van der Waals surface area contributed by atoms with Crippen molar-refractivity contribution < 1.29 is 0 Å². The zero-order valence-corrected chi connectivity index (χ0v) is 8.16. The second-order valence-electron chi connectivity index (χ2n) is 3.95. The van der Waals surface area contributed by atoms with Gasteiger partial charge < -0.3 is 5.32 Å². The lowest BCUT2D eigenvalue weighted by atomic mass is 9.87. The maximum absolute atomic E-state index is 3.42. The maximum Gasteiger partial charge on any atom is -0.00143 e. The van der Waals surface area contributed by atoms with E-state index in [-0.39, 0.29) is 0 Å². The largest absolute Gasteiger partial charge is 0.316 e. The first kappa shape index (κ1) is 8.76. The molecular formula is C12H17N. The Bertz CT molecular complexity index is 249. The van der Waals surface area contributed by atoms with Crippen molar-refractivity contribution in [3.63, 3.8) is 0 Å². The number of benzene rings is 1. The van der Waals surface area contributed by atoms with Crippen LogP contribution in [0.5, 0.6) is 0 Å². The van der Waals surface area contributed by atoms with Crippen molar-refractivity contribution >= 4 is 0 Å². The van der Waals surface area contributed by atoms with Crippen LogP contribution in [0, 0.1) is 5.92 Å². The molecule has 1 heterocycles. The molecule has 1 heteroatoms. The zero-order chi connectivity index (χ0) is 9.10. The van der Waals surface area contributed by atoms with Gasteiger partial charge in [-0.1, -0.05) is 37.3 Å². The lowest BCUT2D eigenvalue weighted by Crippen LogP contribution is -2.14. The molecule has 1 aromatic rings. The third-order valence-corrected chi connectivity index (χ3v) is 3.13. The summed E-state index contributed by atoms with van der Waals surface area (Å²) < 4.78 is 0. The monoisotopic (exact) mass is 175 g/mol. The van der Waals surface area contributed by atoms with Crippen LogP contribution in [0.2, 0.25) is 0 Å². The van der Waals surface area contributed by atoms with E-state index in [1.165, 1.54) is 25.1 Å². The molecule has 1 saturated heterocycles.